The van der Waals surface area contributed by atoms with E-state index in [0.29, 0.717) is 0 Å². The van der Waals surface area contributed by atoms with Crippen LogP contribution >= 0.6 is 11.8 Å². The van der Waals surface area contributed by atoms with E-state index in [1.54, 1.807) is 7.05 Å². The Balaban J connectivity index is 3.29. The molecule has 0 saturated carbocycles. The lowest BCUT2D eigenvalue weighted by Crippen LogP contribution is -2.20. The second-order valence-corrected chi connectivity index (χ2v) is 2.14. The second-order valence-electron chi connectivity index (χ2n) is 1.64. The van der Waals surface area contributed by atoms with Gasteiger partial charge in [0.25, 0.3) is 0 Å². The third-order valence-electron chi connectivity index (χ3n) is 0.411. The van der Waals surface area contributed by atoms with Crippen molar-refractivity contribution in [1.29, 1.82) is 0 Å². The molecular weight excluding hydrogens is 126 g/mol. The largest absolute Gasteiger partial charge is 0.226 e. The molecule has 0 aromatic heterocycles. The molecule has 8 heavy (non-hydrogen) atoms. The van der Waals surface area contributed by atoms with Gasteiger partial charge in [-0.05, 0) is 13.8 Å². The Morgan fingerprint density at radius 2 is 2.12 bits per heavy atom. The van der Waals surface area contributed by atoms with Gasteiger partial charge in [0.15, 0.2) is 0 Å². The molecule has 0 saturated heterocycles. The zero-order chi connectivity index (χ0) is 6.57. The summed E-state index contributed by atoms with van der Waals surface area (Å²) >= 11 is 5.34. The predicted molar refractivity (Wildman–Crippen MR) is 35.5 cm³/mol. The first-order chi connectivity index (χ1) is 3.63. The van der Waals surface area contributed by atoms with Crippen LogP contribution in [0.1, 0.15) is 13.8 Å². The fraction of sp³-hybridized carbons (Fsp3) is 0.750. The van der Waals surface area contributed by atoms with Crippen molar-refractivity contribution in [3.05, 3.63) is 0 Å². The van der Waals surface area contributed by atoms with Crippen LogP contribution in [0.2, 0.25) is 0 Å². The van der Waals surface area contributed by atoms with Gasteiger partial charge in [0, 0.05) is 24.5 Å². The number of halogens is 1. The molecule has 0 heterocycles. The Morgan fingerprint density at radius 3 is 2.25 bits per heavy atom. The highest BCUT2D eigenvalue weighted by molar-refractivity contribution is 6.12. The number of rotatable bonds is 2. The number of nitrogens with zero attached hydrogens (tertiary/aromatic N) is 2. The van der Waals surface area contributed by atoms with Crippen molar-refractivity contribution < 1.29 is 0 Å². The topological polar surface area (TPSA) is 27.6 Å². The van der Waals surface area contributed by atoms with Crippen LogP contribution in [0.15, 0.2) is 5.10 Å². The zero-order valence-corrected chi connectivity index (χ0v) is 6.03. The highest BCUT2D eigenvalue weighted by atomic mass is 35.5. The van der Waals surface area contributed by atoms with Gasteiger partial charge < -0.3 is 0 Å². The maximum atomic E-state index is 5.34. The fourth-order valence-corrected chi connectivity index (χ4v) is 0.207. The fourth-order valence-electron chi connectivity index (χ4n) is 0.169. The molecule has 48 valence electrons. The van der Waals surface area contributed by atoms with Crippen molar-refractivity contribution in [2.24, 2.45) is 5.10 Å². The van der Waals surface area contributed by atoms with Gasteiger partial charge in [-0.15, -0.1) is 4.53 Å². The first-order valence-corrected chi connectivity index (χ1v) is 2.63. The molecule has 0 fully saturated rings. The van der Waals surface area contributed by atoms with Gasteiger partial charge in [0.05, 0.1) is 0 Å². The van der Waals surface area contributed by atoms with E-state index in [2.05, 4.69) is 10.6 Å². The second kappa shape index (κ2) is 3.69. The summed E-state index contributed by atoms with van der Waals surface area (Å²) in [6.45, 7) is 3.76. The van der Waals surface area contributed by atoms with Gasteiger partial charge in [-0.2, -0.15) is 5.10 Å². The van der Waals surface area contributed by atoms with E-state index in [1.807, 2.05) is 13.8 Å². The molecule has 3 nitrogen and oxygen atoms in total. The monoisotopic (exact) mass is 135 g/mol. The Bertz CT molecular complexity index is 85.3. The first kappa shape index (κ1) is 7.72. The first-order valence-electron chi connectivity index (χ1n) is 2.29. The molecule has 0 spiro atoms. The van der Waals surface area contributed by atoms with Crippen molar-refractivity contribution in [2.45, 2.75) is 13.8 Å². The summed E-state index contributed by atoms with van der Waals surface area (Å²) in [7, 11) is 1.66. The Labute approximate surface area is 54.4 Å². The average Bonchev–Trinajstić information content (AvgIpc) is 1.61. The molecule has 0 amide bonds. The molecule has 0 aliphatic carbocycles. The third kappa shape index (κ3) is 5.72. The lowest BCUT2D eigenvalue weighted by molar-refractivity contribution is 0.414. The quantitative estimate of drug-likeness (QED) is 0.347. The molecule has 0 radical (unpaired) electrons. The van der Waals surface area contributed by atoms with E-state index < -0.39 is 0 Å². The minimum absolute atomic E-state index is 0.942. The molecule has 4 heteroatoms. The van der Waals surface area contributed by atoms with Gasteiger partial charge in [-0.3, -0.25) is 0 Å². The van der Waals surface area contributed by atoms with E-state index in [9.17, 15) is 0 Å². The van der Waals surface area contributed by atoms with Crippen molar-refractivity contribution in [3.63, 3.8) is 0 Å². The third-order valence-corrected chi connectivity index (χ3v) is 0.487. The number of hydrogen-bond donors (Lipinski definition) is 1. The summed E-state index contributed by atoms with van der Waals surface area (Å²) < 4.78 is 1.26. The van der Waals surface area contributed by atoms with Crippen LogP contribution in [-0.2, 0) is 0 Å². The van der Waals surface area contributed by atoms with Crippen molar-refractivity contribution in [2.75, 3.05) is 7.05 Å². The van der Waals surface area contributed by atoms with E-state index in [-0.39, 0.29) is 0 Å². The van der Waals surface area contributed by atoms with Crippen LogP contribution in [0.5, 0.6) is 0 Å². The number of hydrazine groups is 1. The lowest BCUT2D eigenvalue weighted by Gasteiger charge is -2.03. The van der Waals surface area contributed by atoms with E-state index >= 15 is 0 Å². The number of hydrazone groups is 1. The summed E-state index contributed by atoms with van der Waals surface area (Å²) in [5, 5.41) is 3.78. The normalized spacial score (nSPS) is 9.12. The number of hydrogen-bond acceptors (Lipinski definition) is 3. The van der Waals surface area contributed by atoms with Gasteiger partial charge in [0.1, 0.15) is 0 Å². The van der Waals surface area contributed by atoms with Crippen LogP contribution in [-0.4, -0.2) is 17.3 Å². The maximum Gasteiger partial charge on any atom is 0.0332 e. The van der Waals surface area contributed by atoms with E-state index in [4.69, 9.17) is 11.8 Å². The molecule has 0 atom stereocenters. The van der Waals surface area contributed by atoms with E-state index in [0.717, 1.165) is 5.71 Å². The highest BCUT2D eigenvalue weighted by Crippen LogP contribution is 1.78. The summed E-state index contributed by atoms with van der Waals surface area (Å²) in [6.07, 6.45) is 0. The van der Waals surface area contributed by atoms with Crippen LogP contribution < -0.4 is 5.53 Å². The van der Waals surface area contributed by atoms with Gasteiger partial charge in [-0.1, -0.05) is 0 Å². The Hall–Kier alpha value is -0.280. The Morgan fingerprint density at radius 1 is 1.62 bits per heavy atom. The Kier molecular flexibility index (Phi) is 3.56. The molecule has 0 rings (SSSR count). The van der Waals surface area contributed by atoms with Crippen LogP contribution in [0, 0.1) is 0 Å². The van der Waals surface area contributed by atoms with Gasteiger partial charge in [-0.25, -0.2) is 5.53 Å². The van der Waals surface area contributed by atoms with Crippen LogP contribution in [0.25, 0.3) is 0 Å². The summed E-state index contributed by atoms with van der Waals surface area (Å²) in [4.78, 5) is 0. The maximum absolute atomic E-state index is 5.34. The summed E-state index contributed by atoms with van der Waals surface area (Å²) in [5.74, 6) is 0. The van der Waals surface area contributed by atoms with Gasteiger partial charge >= 0.3 is 0 Å². The minimum Gasteiger partial charge on any atom is -0.226 e. The smallest absolute Gasteiger partial charge is 0.0332 e. The molecule has 0 aliphatic heterocycles. The van der Waals surface area contributed by atoms with Crippen molar-refractivity contribution in [1.82, 2.24) is 10.1 Å². The molecular formula is C4H10ClN3. The van der Waals surface area contributed by atoms with Gasteiger partial charge in [0.2, 0.25) is 0 Å². The molecule has 1 N–H and O–H groups in total. The van der Waals surface area contributed by atoms with Crippen LogP contribution in [0.3, 0.4) is 0 Å². The number of nitrogens with one attached hydrogen (secondary N) is 1. The molecule has 0 aliphatic rings. The molecule has 0 aromatic carbocycles. The predicted octanol–water partition coefficient (Wildman–Crippen LogP) is 0.972. The average molecular weight is 136 g/mol. The lowest BCUT2D eigenvalue weighted by atomic mass is 10.5. The molecule has 0 unspecified atom stereocenters. The SMILES string of the molecule is CC(C)=NNN(C)Cl. The molecule has 0 bridgehead atoms. The zero-order valence-electron chi connectivity index (χ0n) is 5.27. The van der Waals surface area contributed by atoms with Crippen molar-refractivity contribution >= 4 is 17.5 Å². The summed E-state index contributed by atoms with van der Waals surface area (Å²) in [6, 6.07) is 0. The van der Waals surface area contributed by atoms with E-state index in [1.165, 1.54) is 4.53 Å². The highest BCUT2D eigenvalue weighted by Gasteiger charge is 1.81. The van der Waals surface area contributed by atoms with Crippen molar-refractivity contribution in [3.8, 4) is 0 Å². The minimum atomic E-state index is 0.942. The summed E-state index contributed by atoms with van der Waals surface area (Å²) in [5.41, 5.74) is 3.47. The standard InChI is InChI=1S/C4H10ClN3/c1-4(2)6-7-8(3)5/h7H,1-3H3. The van der Waals surface area contributed by atoms with Crippen LogP contribution in [0.4, 0.5) is 0 Å². The molecule has 0 aromatic rings.